The fraction of sp³-hybridized carbons (Fsp3) is 0.800. The molecule has 0 bridgehead atoms. The van der Waals surface area contributed by atoms with E-state index in [4.69, 9.17) is 0 Å². The van der Waals surface area contributed by atoms with Gasteiger partial charge in [-0.3, -0.25) is 14.5 Å². The van der Waals surface area contributed by atoms with Crippen LogP contribution in [0.5, 0.6) is 0 Å². The molecule has 2 rings (SSSR count). The lowest BCUT2D eigenvalue weighted by atomic mass is 9.80. The molecule has 0 aromatic heterocycles. The third kappa shape index (κ3) is 4.25. The Morgan fingerprint density at radius 2 is 1.96 bits per heavy atom. The van der Waals surface area contributed by atoms with Gasteiger partial charge >= 0.3 is 0 Å². The molecule has 0 aromatic rings. The second-order valence-corrected chi connectivity index (χ2v) is 8.09. The van der Waals surface area contributed by atoms with Crippen LogP contribution < -0.4 is 5.32 Å². The van der Waals surface area contributed by atoms with Gasteiger partial charge in [-0.1, -0.05) is 32.4 Å². The summed E-state index contributed by atoms with van der Waals surface area (Å²) in [6.45, 7) is 13.8. The Bertz CT molecular complexity index is 519. The Morgan fingerprint density at radius 3 is 2.48 bits per heavy atom. The molecule has 2 heterocycles. The van der Waals surface area contributed by atoms with Crippen LogP contribution in [0.1, 0.15) is 60.3 Å². The number of carbonyl (C=O) groups is 2. The zero-order valence-corrected chi connectivity index (χ0v) is 16.6. The quantitative estimate of drug-likeness (QED) is 0.750. The zero-order chi connectivity index (χ0) is 18.6. The fourth-order valence-electron chi connectivity index (χ4n) is 4.08. The van der Waals surface area contributed by atoms with E-state index in [1.54, 1.807) is 0 Å². The normalized spacial score (nSPS) is 25.0. The van der Waals surface area contributed by atoms with Crippen molar-refractivity contribution >= 4 is 11.8 Å². The molecule has 1 atom stereocenters. The summed E-state index contributed by atoms with van der Waals surface area (Å²) in [5, 5.41) is 3.05. The Balaban J connectivity index is 2.16. The number of piperazine rings is 1. The SMILES string of the molecule is C/C=C(\C)CN1CCC2(CC1)C(=O)NC(CC(C)C)C(=O)N2CCC. The summed E-state index contributed by atoms with van der Waals surface area (Å²) in [6, 6.07) is -0.354. The number of likely N-dealkylation sites (tertiary alicyclic amines) is 1. The summed E-state index contributed by atoms with van der Waals surface area (Å²) in [5.74, 6) is 0.569. The highest BCUT2D eigenvalue weighted by molar-refractivity contribution is 6.00. The van der Waals surface area contributed by atoms with Crippen molar-refractivity contribution in [1.29, 1.82) is 0 Å². The number of rotatable bonds is 6. The predicted molar refractivity (Wildman–Crippen MR) is 101 cm³/mol. The van der Waals surface area contributed by atoms with Gasteiger partial charge in [-0.15, -0.1) is 0 Å². The van der Waals surface area contributed by atoms with Gasteiger partial charge in [0.25, 0.3) is 0 Å². The van der Waals surface area contributed by atoms with Crippen LogP contribution in [0.4, 0.5) is 0 Å². The first-order valence-corrected chi connectivity index (χ1v) is 9.80. The predicted octanol–water partition coefficient (Wildman–Crippen LogP) is 2.57. The molecule has 1 spiro atoms. The molecule has 1 unspecified atom stereocenters. The van der Waals surface area contributed by atoms with Crippen LogP contribution in [0.25, 0.3) is 0 Å². The van der Waals surface area contributed by atoms with E-state index in [0.717, 1.165) is 38.9 Å². The number of nitrogens with zero attached hydrogens (tertiary/aromatic N) is 2. The summed E-state index contributed by atoms with van der Waals surface area (Å²) >= 11 is 0. The van der Waals surface area contributed by atoms with Crippen molar-refractivity contribution in [2.24, 2.45) is 5.92 Å². The Labute approximate surface area is 152 Å². The molecule has 5 heteroatoms. The van der Waals surface area contributed by atoms with E-state index in [-0.39, 0.29) is 17.9 Å². The lowest BCUT2D eigenvalue weighted by Crippen LogP contribution is -2.73. The molecule has 25 heavy (non-hydrogen) atoms. The monoisotopic (exact) mass is 349 g/mol. The lowest BCUT2D eigenvalue weighted by Gasteiger charge is -2.52. The standard InChI is InChI=1S/C20H35N3O2/c1-6-10-23-18(24)17(13-15(3)4)21-19(25)20(23)8-11-22(12-9-20)14-16(5)7-2/h7,15,17H,6,8-14H2,1-5H3,(H,21,25)/b16-7+. The summed E-state index contributed by atoms with van der Waals surface area (Å²) in [7, 11) is 0. The number of carbonyl (C=O) groups excluding carboxylic acids is 2. The van der Waals surface area contributed by atoms with Gasteiger partial charge in [0.15, 0.2) is 0 Å². The molecule has 0 aromatic carbocycles. The molecular formula is C20H35N3O2. The summed E-state index contributed by atoms with van der Waals surface area (Å²) < 4.78 is 0. The van der Waals surface area contributed by atoms with E-state index in [1.807, 2.05) is 4.90 Å². The van der Waals surface area contributed by atoms with E-state index in [1.165, 1.54) is 5.57 Å². The highest BCUT2D eigenvalue weighted by atomic mass is 16.2. The minimum atomic E-state index is -0.638. The van der Waals surface area contributed by atoms with E-state index >= 15 is 0 Å². The van der Waals surface area contributed by atoms with Gasteiger partial charge in [0, 0.05) is 26.2 Å². The zero-order valence-electron chi connectivity index (χ0n) is 16.6. The molecule has 0 aliphatic carbocycles. The molecule has 5 nitrogen and oxygen atoms in total. The average molecular weight is 350 g/mol. The highest BCUT2D eigenvalue weighted by Gasteiger charge is 2.53. The Morgan fingerprint density at radius 1 is 1.32 bits per heavy atom. The van der Waals surface area contributed by atoms with Crippen LogP contribution in [0.15, 0.2) is 11.6 Å². The van der Waals surface area contributed by atoms with Crippen molar-refractivity contribution in [3.8, 4) is 0 Å². The van der Waals surface area contributed by atoms with Crippen LogP contribution in [0.2, 0.25) is 0 Å². The van der Waals surface area contributed by atoms with Gasteiger partial charge in [0.05, 0.1) is 0 Å². The van der Waals surface area contributed by atoms with Gasteiger partial charge in [0.2, 0.25) is 11.8 Å². The Kier molecular flexibility index (Phi) is 6.66. The number of nitrogens with one attached hydrogen (secondary N) is 1. The van der Waals surface area contributed by atoms with Crippen molar-refractivity contribution in [1.82, 2.24) is 15.1 Å². The van der Waals surface area contributed by atoms with E-state index < -0.39 is 5.54 Å². The van der Waals surface area contributed by atoms with Gasteiger partial charge < -0.3 is 10.2 Å². The fourth-order valence-corrected chi connectivity index (χ4v) is 4.08. The second kappa shape index (κ2) is 8.35. The highest BCUT2D eigenvalue weighted by Crippen LogP contribution is 2.34. The van der Waals surface area contributed by atoms with E-state index in [9.17, 15) is 9.59 Å². The van der Waals surface area contributed by atoms with E-state index in [2.05, 4.69) is 50.9 Å². The molecule has 2 amide bonds. The first kappa shape index (κ1) is 20.0. The third-order valence-electron chi connectivity index (χ3n) is 5.61. The largest absolute Gasteiger partial charge is 0.342 e. The van der Waals surface area contributed by atoms with Crippen molar-refractivity contribution in [3.63, 3.8) is 0 Å². The molecule has 0 saturated carbocycles. The number of hydrogen-bond acceptors (Lipinski definition) is 3. The lowest BCUT2D eigenvalue weighted by molar-refractivity contribution is -0.161. The maximum Gasteiger partial charge on any atom is 0.246 e. The smallest absolute Gasteiger partial charge is 0.246 e. The van der Waals surface area contributed by atoms with Gasteiger partial charge in [-0.25, -0.2) is 0 Å². The van der Waals surface area contributed by atoms with Crippen LogP contribution in [0, 0.1) is 5.92 Å². The van der Waals surface area contributed by atoms with Gasteiger partial charge in [-0.05, 0) is 45.4 Å². The number of amides is 2. The Hall–Kier alpha value is -1.36. The molecule has 0 radical (unpaired) electrons. The van der Waals surface area contributed by atoms with E-state index in [0.29, 0.717) is 18.9 Å². The van der Waals surface area contributed by atoms with Crippen molar-refractivity contribution in [2.45, 2.75) is 71.9 Å². The molecule has 2 aliphatic rings. The number of hydrogen-bond donors (Lipinski definition) is 1. The topological polar surface area (TPSA) is 52.7 Å². The third-order valence-corrected chi connectivity index (χ3v) is 5.61. The first-order chi connectivity index (χ1) is 11.8. The average Bonchev–Trinajstić information content (AvgIpc) is 2.57. The molecule has 1 N–H and O–H groups in total. The summed E-state index contributed by atoms with van der Waals surface area (Å²) in [4.78, 5) is 30.4. The molecule has 2 saturated heterocycles. The first-order valence-electron chi connectivity index (χ1n) is 9.80. The summed E-state index contributed by atoms with van der Waals surface area (Å²) in [6.07, 6.45) is 5.21. The summed E-state index contributed by atoms with van der Waals surface area (Å²) in [5.41, 5.74) is 0.712. The van der Waals surface area contributed by atoms with Crippen LogP contribution >= 0.6 is 0 Å². The van der Waals surface area contributed by atoms with Crippen LogP contribution in [0.3, 0.4) is 0 Å². The van der Waals surface area contributed by atoms with Crippen molar-refractivity contribution in [2.75, 3.05) is 26.2 Å². The number of allylic oxidation sites excluding steroid dienone is 1. The molecular weight excluding hydrogens is 314 g/mol. The molecule has 142 valence electrons. The number of piperidine rings is 1. The second-order valence-electron chi connectivity index (χ2n) is 8.09. The van der Waals surface area contributed by atoms with Crippen LogP contribution in [-0.4, -0.2) is 59.4 Å². The van der Waals surface area contributed by atoms with Gasteiger partial charge in [-0.2, -0.15) is 0 Å². The minimum Gasteiger partial charge on any atom is -0.342 e. The van der Waals surface area contributed by atoms with Crippen molar-refractivity contribution < 1.29 is 9.59 Å². The van der Waals surface area contributed by atoms with Gasteiger partial charge in [0.1, 0.15) is 11.6 Å². The molecule has 2 fully saturated rings. The maximum absolute atomic E-state index is 13.1. The maximum atomic E-state index is 13.1. The molecule has 2 aliphatic heterocycles. The van der Waals surface area contributed by atoms with Crippen LogP contribution in [-0.2, 0) is 9.59 Å². The van der Waals surface area contributed by atoms with Crippen molar-refractivity contribution in [3.05, 3.63) is 11.6 Å². The minimum absolute atomic E-state index is 0.0635.